The lowest BCUT2D eigenvalue weighted by Gasteiger charge is -2.06. The summed E-state index contributed by atoms with van der Waals surface area (Å²) in [5.41, 5.74) is 9.52. The van der Waals surface area contributed by atoms with Crippen molar-refractivity contribution in [3.05, 3.63) is 101 Å². The molecule has 0 aliphatic carbocycles. The summed E-state index contributed by atoms with van der Waals surface area (Å²) >= 11 is 6.17. The van der Waals surface area contributed by atoms with Gasteiger partial charge in [0.25, 0.3) is 0 Å². The van der Waals surface area contributed by atoms with E-state index in [9.17, 15) is 0 Å². The Labute approximate surface area is 201 Å². The van der Waals surface area contributed by atoms with Crippen molar-refractivity contribution in [3.63, 3.8) is 0 Å². The molecular weight excluding hydrogens is 444 g/mol. The normalized spacial score (nSPS) is 11.2. The van der Waals surface area contributed by atoms with Gasteiger partial charge in [-0.3, -0.25) is 10.4 Å². The zero-order chi connectivity index (χ0) is 23.3. The molecule has 0 radical (unpaired) electrons. The molecule has 5 rings (SSSR count). The van der Waals surface area contributed by atoms with Gasteiger partial charge in [0.05, 0.1) is 34.6 Å². The summed E-state index contributed by atoms with van der Waals surface area (Å²) in [5.74, 6) is 0. The van der Waals surface area contributed by atoms with E-state index in [1.807, 2.05) is 85.2 Å². The van der Waals surface area contributed by atoms with E-state index in [0.29, 0.717) is 17.1 Å². The summed E-state index contributed by atoms with van der Waals surface area (Å²) < 4.78 is 0. The van der Waals surface area contributed by atoms with Crippen LogP contribution in [0.25, 0.3) is 21.8 Å². The summed E-state index contributed by atoms with van der Waals surface area (Å²) in [6.07, 6.45) is 4.45. The molecule has 0 saturated carbocycles. The lowest BCUT2D eigenvalue weighted by atomic mass is 10.1. The molecule has 0 unspecified atom stereocenters. The molecular formula is C27H21ClN6. The smallest absolute Gasteiger partial charge is 0.0991 e. The van der Waals surface area contributed by atoms with Crippen molar-refractivity contribution in [1.82, 2.24) is 9.97 Å². The van der Waals surface area contributed by atoms with E-state index in [0.717, 1.165) is 50.9 Å². The number of halogens is 1. The highest BCUT2D eigenvalue weighted by Gasteiger charge is 2.13. The molecule has 166 valence electrons. The van der Waals surface area contributed by atoms with Gasteiger partial charge >= 0.3 is 0 Å². The summed E-state index contributed by atoms with van der Waals surface area (Å²) in [5, 5.41) is 19.6. The Bertz CT molecular complexity index is 1510. The van der Waals surface area contributed by atoms with Gasteiger partial charge in [-0.15, -0.1) is 0 Å². The number of aromatic nitrogens is 2. The van der Waals surface area contributed by atoms with Crippen LogP contribution in [0.2, 0.25) is 5.02 Å². The maximum atomic E-state index is 8.98. The van der Waals surface area contributed by atoms with E-state index in [1.165, 1.54) is 0 Å². The molecule has 0 amide bonds. The average molecular weight is 465 g/mol. The Balaban J connectivity index is 1.45. The van der Waals surface area contributed by atoms with Gasteiger partial charge < -0.3 is 10.3 Å². The van der Waals surface area contributed by atoms with Crippen LogP contribution < -0.4 is 10.7 Å². The Morgan fingerprint density at radius 3 is 2.62 bits per heavy atom. The molecule has 3 aromatic carbocycles. The molecule has 0 atom stereocenters. The summed E-state index contributed by atoms with van der Waals surface area (Å²) in [6, 6.07) is 25.1. The minimum Gasteiger partial charge on any atom is -0.385 e. The number of pyridine rings is 1. The number of H-pyrrole nitrogens is 1. The number of nitrogens with zero attached hydrogens (tertiary/aromatic N) is 3. The van der Waals surface area contributed by atoms with Gasteiger partial charge in [0, 0.05) is 51.9 Å². The molecule has 34 heavy (non-hydrogen) atoms. The topological polar surface area (TPSA) is 88.9 Å². The second-order valence-electron chi connectivity index (χ2n) is 7.83. The monoisotopic (exact) mass is 464 g/mol. The molecule has 7 heteroatoms. The second kappa shape index (κ2) is 9.65. The molecule has 2 heterocycles. The Morgan fingerprint density at radius 2 is 1.82 bits per heavy atom. The highest BCUT2D eigenvalue weighted by atomic mass is 35.5. The number of para-hydroxylation sites is 1. The summed E-state index contributed by atoms with van der Waals surface area (Å²) in [6.45, 7) is 0.711. The molecule has 0 fully saturated rings. The third-order valence-electron chi connectivity index (χ3n) is 5.60. The van der Waals surface area contributed by atoms with Crippen molar-refractivity contribution in [2.24, 2.45) is 5.10 Å². The lowest BCUT2D eigenvalue weighted by Crippen LogP contribution is -2.06. The number of anilines is 2. The van der Waals surface area contributed by atoms with Crippen LogP contribution >= 0.6 is 11.6 Å². The van der Waals surface area contributed by atoms with Crippen LogP contribution in [0.1, 0.15) is 16.8 Å². The third kappa shape index (κ3) is 4.56. The molecule has 0 aliphatic rings. The first-order chi connectivity index (χ1) is 16.7. The van der Waals surface area contributed by atoms with Crippen molar-refractivity contribution in [2.45, 2.75) is 6.42 Å². The maximum Gasteiger partial charge on any atom is 0.0991 e. The Morgan fingerprint density at radius 1 is 1.00 bits per heavy atom. The second-order valence-corrected chi connectivity index (χ2v) is 8.26. The number of hydrazone groups is 1. The Hall–Kier alpha value is -4.34. The molecule has 0 bridgehead atoms. The number of nitriles is 1. The van der Waals surface area contributed by atoms with Crippen LogP contribution in [0.3, 0.4) is 0 Å². The van der Waals surface area contributed by atoms with E-state index in [-0.39, 0.29) is 0 Å². The zero-order valence-corrected chi connectivity index (χ0v) is 19.0. The predicted molar refractivity (Wildman–Crippen MR) is 140 cm³/mol. The van der Waals surface area contributed by atoms with Crippen LogP contribution in [-0.2, 0) is 6.42 Å². The van der Waals surface area contributed by atoms with E-state index >= 15 is 0 Å². The van der Waals surface area contributed by atoms with Crippen LogP contribution in [0.15, 0.2) is 84.1 Å². The standard InChI is InChI=1S/C27H21ClN6/c28-19-8-11-22-26(14-19)31-16-24-23(17-32-34-21-4-2-1-3-5-21)25(33-27(22)24)12-13-30-20-9-6-18(15-29)7-10-20/h1-11,14,16-17,30,33-34H,12-13H2. The fraction of sp³-hybridized carbons (Fsp3) is 0.0741. The highest BCUT2D eigenvalue weighted by molar-refractivity contribution is 6.31. The molecule has 6 nitrogen and oxygen atoms in total. The van der Waals surface area contributed by atoms with Gasteiger partial charge in [-0.25, -0.2) is 0 Å². The zero-order valence-electron chi connectivity index (χ0n) is 18.2. The maximum absolute atomic E-state index is 8.98. The van der Waals surface area contributed by atoms with E-state index in [4.69, 9.17) is 16.9 Å². The van der Waals surface area contributed by atoms with Gasteiger partial charge in [-0.1, -0.05) is 29.8 Å². The summed E-state index contributed by atoms with van der Waals surface area (Å²) in [7, 11) is 0. The number of aromatic amines is 1. The number of fused-ring (bicyclic) bond motifs is 3. The predicted octanol–water partition coefficient (Wildman–Crippen LogP) is 6.34. The van der Waals surface area contributed by atoms with Gasteiger partial charge in [0.15, 0.2) is 0 Å². The van der Waals surface area contributed by atoms with Crippen molar-refractivity contribution < 1.29 is 0 Å². The molecule has 0 spiro atoms. The van der Waals surface area contributed by atoms with E-state index in [2.05, 4.69) is 31.9 Å². The first-order valence-corrected chi connectivity index (χ1v) is 11.3. The summed E-state index contributed by atoms with van der Waals surface area (Å²) in [4.78, 5) is 8.22. The van der Waals surface area contributed by atoms with Crippen molar-refractivity contribution in [3.8, 4) is 6.07 Å². The van der Waals surface area contributed by atoms with E-state index in [1.54, 1.807) is 0 Å². The van der Waals surface area contributed by atoms with Gasteiger partial charge in [-0.2, -0.15) is 10.4 Å². The number of hydrogen-bond acceptors (Lipinski definition) is 5. The third-order valence-corrected chi connectivity index (χ3v) is 5.84. The van der Waals surface area contributed by atoms with Crippen molar-refractivity contribution in [2.75, 3.05) is 17.3 Å². The van der Waals surface area contributed by atoms with Crippen LogP contribution in [0.4, 0.5) is 11.4 Å². The fourth-order valence-electron chi connectivity index (χ4n) is 3.91. The van der Waals surface area contributed by atoms with Crippen molar-refractivity contribution >= 4 is 51.0 Å². The largest absolute Gasteiger partial charge is 0.385 e. The number of hydrogen-bond donors (Lipinski definition) is 3. The molecule has 3 N–H and O–H groups in total. The molecule has 5 aromatic rings. The number of rotatable bonds is 7. The molecule has 0 saturated heterocycles. The fourth-order valence-corrected chi connectivity index (χ4v) is 4.08. The minimum absolute atomic E-state index is 0.644. The number of benzene rings is 3. The lowest BCUT2D eigenvalue weighted by molar-refractivity contribution is 0.981. The van der Waals surface area contributed by atoms with Gasteiger partial charge in [-0.05, 0) is 54.6 Å². The Kier molecular flexibility index (Phi) is 6.11. The minimum atomic E-state index is 0.644. The van der Waals surface area contributed by atoms with Gasteiger partial charge in [0.2, 0.25) is 0 Å². The average Bonchev–Trinajstić information content (AvgIpc) is 3.22. The number of nitrogens with one attached hydrogen (secondary N) is 3. The van der Waals surface area contributed by atoms with E-state index < -0.39 is 0 Å². The van der Waals surface area contributed by atoms with Crippen LogP contribution in [0.5, 0.6) is 0 Å². The quantitative estimate of drug-likeness (QED) is 0.193. The van der Waals surface area contributed by atoms with Crippen LogP contribution in [0, 0.1) is 11.3 Å². The SMILES string of the molecule is N#Cc1ccc(NCCc2[nH]c3c(cnc4cc(Cl)ccc43)c2C=NNc2ccccc2)cc1. The van der Waals surface area contributed by atoms with Crippen LogP contribution in [-0.4, -0.2) is 22.7 Å². The molecule has 2 aromatic heterocycles. The van der Waals surface area contributed by atoms with Gasteiger partial charge in [0.1, 0.15) is 0 Å². The first-order valence-electron chi connectivity index (χ1n) is 10.9. The first kappa shape index (κ1) is 21.5. The highest BCUT2D eigenvalue weighted by Crippen LogP contribution is 2.29. The van der Waals surface area contributed by atoms with Crippen molar-refractivity contribution in [1.29, 1.82) is 5.26 Å². The molecule has 0 aliphatic heterocycles.